The summed E-state index contributed by atoms with van der Waals surface area (Å²) in [6.07, 6.45) is -4.45. The lowest BCUT2D eigenvalue weighted by Gasteiger charge is -2.11. The van der Waals surface area contributed by atoms with E-state index in [4.69, 9.17) is 0 Å². The fraction of sp³-hybridized carbons (Fsp3) is 0.267. The number of pyridine rings is 1. The Morgan fingerprint density at radius 3 is 2.61 bits per heavy atom. The van der Waals surface area contributed by atoms with Crippen molar-refractivity contribution in [3.8, 4) is 11.4 Å². The number of rotatable bonds is 2. The van der Waals surface area contributed by atoms with Crippen molar-refractivity contribution in [2.75, 3.05) is 0 Å². The normalized spacial score (nSPS) is 12.0. The molecule has 0 amide bonds. The van der Waals surface area contributed by atoms with Crippen LogP contribution in [-0.2, 0) is 13.6 Å². The molecule has 23 heavy (non-hydrogen) atoms. The second kappa shape index (κ2) is 5.22. The van der Waals surface area contributed by atoms with Crippen LogP contribution in [0, 0.1) is 6.92 Å². The first-order valence-corrected chi connectivity index (χ1v) is 6.83. The zero-order chi connectivity index (χ0) is 16.8. The van der Waals surface area contributed by atoms with Crippen molar-refractivity contribution in [3.63, 3.8) is 0 Å². The summed E-state index contributed by atoms with van der Waals surface area (Å²) >= 11 is 0. The predicted molar refractivity (Wildman–Crippen MR) is 79.0 cm³/mol. The summed E-state index contributed by atoms with van der Waals surface area (Å²) < 4.78 is 40.2. The number of aromatic nitrogens is 4. The van der Waals surface area contributed by atoms with Crippen LogP contribution in [0.15, 0.2) is 35.1 Å². The molecule has 0 bridgehead atoms. The van der Waals surface area contributed by atoms with Gasteiger partial charge in [0.25, 0.3) is 5.56 Å². The van der Waals surface area contributed by atoms with Crippen molar-refractivity contribution < 1.29 is 13.2 Å². The maximum absolute atomic E-state index is 12.7. The van der Waals surface area contributed by atoms with Crippen molar-refractivity contribution in [1.29, 1.82) is 0 Å². The highest BCUT2D eigenvalue weighted by Crippen LogP contribution is 2.23. The Balaban J connectivity index is 2.25. The van der Waals surface area contributed by atoms with Gasteiger partial charge in [0.1, 0.15) is 12.4 Å². The molecule has 5 nitrogen and oxygen atoms in total. The van der Waals surface area contributed by atoms with Gasteiger partial charge in [0, 0.05) is 7.05 Å². The van der Waals surface area contributed by atoms with Crippen LogP contribution in [-0.4, -0.2) is 25.5 Å². The number of halogens is 3. The zero-order valence-corrected chi connectivity index (χ0v) is 12.4. The van der Waals surface area contributed by atoms with E-state index in [2.05, 4.69) is 10.1 Å². The largest absolute Gasteiger partial charge is 0.408 e. The molecule has 1 aromatic carbocycles. The molecule has 0 aliphatic carbocycles. The van der Waals surface area contributed by atoms with Crippen LogP contribution >= 0.6 is 0 Å². The summed E-state index contributed by atoms with van der Waals surface area (Å²) in [4.78, 5) is 16.5. The number of benzene rings is 1. The van der Waals surface area contributed by atoms with Crippen molar-refractivity contribution in [2.24, 2.45) is 7.05 Å². The Morgan fingerprint density at radius 2 is 1.91 bits per heavy atom. The number of para-hydroxylation sites is 1. The molecule has 0 saturated carbocycles. The highest BCUT2D eigenvalue weighted by molar-refractivity contribution is 5.83. The first-order valence-electron chi connectivity index (χ1n) is 6.83. The van der Waals surface area contributed by atoms with E-state index in [-0.39, 0.29) is 17.2 Å². The molecule has 0 N–H and O–H groups in total. The van der Waals surface area contributed by atoms with Gasteiger partial charge in [-0.25, -0.2) is 9.67 Å². The van der Waals surface area contributed by atoms with Crippen LogP contribution in [0.25, 0.3) is 22.3 Å². The van der Waals surface area contributed by atoms with Crippen molar-refractivity contribution in [1.82, 2.24) is 19.3 Å². The molecule has 0 saturated heterocycles. The standard InChI is InChI=1S/C15H13F3N4O/c1-9-19-13(22(20-9)8-15(16,17)18)11-7-10-5-3-4-6-12(10)21(2)14(11)23/h3-7H,8H2,1-2H3. The van der Waals surface area contributed by atoms with Gasteiger partial charge in [-0.05, 0) is 24.4 Å². The van der Waals surface area contributed by atoms with Gasteiger partial charge in [0.05, 0.1) is 11.1 Å². The fourth-order valence-corrected chi connectivity index (χ4v) is 2.52. The smallest absolute Gasteiger partial charge is 0.311 e. The fourth-order valence-electron chi connectivity index (χ4n) is 2.52. The lowest BCUT2D eigenvalue weighted by Crippen LogP contribution is -2.23. The monoisotopic (exact) mass is 322 g/mol. The van der Waals surface area contributed by atoms with E-state index in [1.54, 1.807) is 37.4 Å². The van der Waals surface area contributed by atoms with E-state index in [1.165, 1.54) is 11.5 Å². The lowest BCUT2D eigenvalue weighted by molar-refractivity contribution is -0.142. The third-order valence-corrected chi connectivity index (χ3v) is 3.48. The number of hydrogen-bond donors (Lipinski definition) is 0. The summed E-state index contributed by atoms with van der Waals surface area (Å²) in [5.41, 5.74) is 0.371. The number of hydrogen-bond acceptors (Lipinski definition) is 3. The van der Waals surface area contributed by atoms with Gasteiger partial charge in [0.15, 0.2) is 5.82 Å². The highest BCUT2D eigenvalue weighted by Gasteiger charge is 2.31. The van der Waals surface area contributed by atoms with Gasteiger partial charge in [-0.15, -0.1) is 0 Å². The van der Waals surface area contributed by atoms with Crippen LogP contribution in [0.4, 0.5) is 13.2 Å². The molecular weight excluding hydrogens is 309 g/mol. The predicted octanol–water partition coefficient (Wildman–Crippen LogP) is 2.67. The molecule has 0 aliphatic rings. The third-order valence-electron chi connectivity index (χ3n) is 3.48. The molecular formula is C15H13F3N4O. The molecule has 0 aliphatic heterocycles. The first kappa shape index (κ1) is 15.3. The van der Waals surface area contributed by atoms with Gasteiger partial charge >= 0.3 is 6.18 Å². The van der Waals surface area contributed by atoms with Crippen LogP contribution in [0.5, 0.6) is 0 Å². The summed E-state index contributed by atoms with van der Waals surface area (Å²) in [5.74, 6) is 0.102. The topological polar surface area (TPSA) is 52.7 Å². The van der Waals surface area contributed by atoms with E-state index >= 15 is 0 Å². The minimum atomic E-state index is -4.45. The van der Waals surface area contributed by atoms with Crippen molar-refractivity contribution in [2.45, 2.75) is 19.6 Å². The Hall–Kier alpha value is -2.64. The number of fused-ring (bicyclic) bond motifs is 1. The first-order chi connectivity index (χ1) is 10.8. The molecule has 2 heterocycles. The van der Waals surface area contributed by atoms with E-state index in [0.29, 0.717) is 5.52 Å². The number of aryl methyl sites for hydroxylation is 2. The zero-order valence-electron chi connectivity index (χ0n) is 12.4. The van der Waals surface area contributed by atoms with E-state index in [0.717, 1.165) is 10.1 Å². The summed E-state index contributed by atoms with van der Waals surface area (Å²) in [7, 11) is 1.57. The Labute approximate surface area is 129 Å². The SMILES string of the molecule is Cc1nc(-c2cc3ccccc3n(C)c2=O)n(CC(F)(F)F)n1. The van der Waals surface area contributed by atoms with E-state index in [1.807, 2.05) is 0 Å². The number of nitrogens with zero attached hydrogens (tertiary/aromatic N) is 4. The maximum Gasteiger partial charge on any atom is 0.408 e. The highest BCUT2D eigenvalue weighted by atomic mass is 19.4. The molecule has 0 fully saturated rings. The summed E-state index contributed by atoms with van der Waals surface area (Å²) in [6.45, 7) is 0.195. The van der Waals surface area contributed by atoms with Crippen molar-refractivity contribution in [3.05, 3.63) is 46.5 Å². The summed E-state index contributed by atoms with van der Waals surface area (Å²) in [5, 5.41) is 4.50. The van der Waals surface area contributed by atoms with Crippen LogP contribution in [0.2, 0.25) is 0 Å². The van der Waals surface area contributed by atoms with E-state index in [9.17, 15) is 18.0 Å². The van der Waals surface area contributed by atoms with E-state index < -0.39 is 18.3 Å². The maximum atomic E-state index is 12.7. The molecule has 3 rings (SSSR count). The lowest BCUT2D eigenvalue weighted by atomic mass is 10.1. The minimum absolute atomic E-state index is 0.0776. The average Bonchev–Trinajstić information content (AvgIpc) is 2.81. The van der Waals surface area contributed by atoms with Crippen LogP contribution in [0.1, 0.15) is 5.82 Å². The van der Waals surface area contributed by atoms with Gasteiger partial charge in [0.2, 0.25) is 0 Å². The second-order valence-electron chi connectivity index (χ2n) is 5.24. The van der Waals surface area contributed by atoms with Crippen LogP contribution < -0.4 is 5.56 Å². The Kier molecular flexibility index (Phi) is 3.46. The molecule has 8 heteroatoms. The number of alkyl halides is 3. The third kappa shape index (κ3) is 2.84. The van der Waals surface area contributed by atoms with Gasteiger partial charge in [-0.1, -0.05) is 18.2 Å². The quantitative estimate of drug-likeness (QED) is 0.729. The average molecular weight is 322 g/mol. The van der Waals surface area contributed by atoms with Gasteiger partial charge < -0.3 is 4.57 Å². The van der Waals surface area contributed by atoms with Crippen molar-refractivity contribution >= 4 is 10.9 Å². The van der Waals surface area contributed by atoms with Gasteiger partial charge in [-0.3, -0.25) is 4.79 Å². The summed E-state index contributed by atoms with van der Waals surface area (Å²) in [6, 6.07) is 8.69. The Morgan fingerprint density at radius 1 is 1.22 bits per heavy atom. The second-order valence-corrected chi connectivity index (χ2v) is 5.24. The molecule has 0 atom stereocenters. The minimum Gasteiger partial charge on any atom is -0.311 e. The molecule has 0 radical (unpaired) electrons. The Bertz CT molecular complexity index is 940. The molecule has 3 aromatic rings. The van der Waals surface area contributed by atoms with Gasteiger partial charge in [-0.2, -0.15) is 18.3 Å². The molecule has 120 valence electrons. The molecule has 0 spiro atoms. The molecule has 0 unspecified atom stereocenters. The molecule has 2 aromatic heterocycles. The van der Waals surface area contributed by atoms with Crippen LogP contribution in [0.3, 0.4) is 0 Å².